The van der Waals surface area contributed by atoms with Crippen molar-refractivity contribution in [1.82, 2.24) is 0 Å². The molecule has 0 spiro atoms. The minimum atomic E-state index is -0.440. The average Bonchev–Trinajstić information content (AvgIpc) is 4.04. The molecule has 1 heterocycles. The molecule has 8 rings (SSSR count). The lowest BCUT2D eigenvalue weighted by atomic mass is 9.80. The van der Waals surface area contributed by atoms with Gasteiger partial charge in [0, 0.05) is 17.2 Å². The standard InChI is InChI=1S/C50H52O5S/c1-36-28-45(47(56-36)29-37-22-24-42(25-23-37)43-26-27-43)55-46-30-44(35-51-31-38-14-6-2-7-15-38)48(52-32-39-16-8-3-9-17-39)50(54-34-41-20-12-5-13-21-41)49(46)53-33-40-18-10-4-11-19-40/h2-25,28,43-44,46,48-50H,26-27,29-35H2,1H3/t44-,46-,48-,49+,50+/m1/s1. The Bertz CT molecular complexity index is 2050. The van der Waals surface area contributed by atoms with E-state index < -0.39 is 12.2 Å². The van der Waals surface area contributed by atoms with E-state index in [1.54, 1.807) is 0 Å². The van der Waals surface area contributed by atoms with Crippen molar-refractivity contribution in [2.24, 2.45) is 5.92 Å². The summed E-state index contributed by atoms with van der Waals surface area (Å²) in [5.74, 6) is 1.64. The Labute approximate surface area is 336 Å². The van der Waals surface area contributed by atoms with Gasteiger partial charge in [0.1, 0.15) is 24.1 Å². The molecule has 0 aliphatic heterocycles. The second kappa shape index (κ2) is 19.1. The lowest BCUT2D eigenvalue weighted by Crippen LogP contribution is -2.59. The summed E-state index contributed by atoms with van der Waals surface area (Å²) in [4.78, 5) is 2.45. The molecule has 0 N–H and O–H groups in total. The predicted octanol–water partition coefficient (Wildman–Crippen LogP) is 11.3. The fraction of sp³-hybridized carbons (Fsp3) is 0.320. The third kappa shape index (κ3) is 10.4. The van der Waals surface area contributed by atoms with E-state index in [2.05, 4.69) is 134 Å². The van der Waals surface area contributed by atoms with Gasteiger partial charge in [0.25, 0.3) is 0 Å². The Morgan fingerprint density at radius 1 is 0.536 bits per heavy atom. The molecular formula is C50H52O5S. The summed E-state index contributed by atoms with van der Waals surface area (Å²) < 4.78 is 34.7. The van der Waals surface area contributed by atoms with Crippen LogP contribution in [0.15, 0.2) is 152 Å². The number of thiophene rings is 1. The fourth-order valence-electron chi connectivity index (χ4n) is 7.77. The molecule has 2 saturated carbocycles. The van der Waals surface area contributed by atoms with E-state index in [9.17, 15) is 0 Å². The van der Waals surface area contributed by atoms with Crippen LogP contribution < -0.4 is 4.74 Å². The summed E-state index contributed by atoms with van der Waals surface area (Å²) >= 11 is 1.81. The fourth-order valence-corrected chi connectivity index (χ4v) is 8.77. The van der Waals surface area contributed by atoms with E-state index in [0.717, 1.165) is 40.3 Å². The van der Waals surface area contributed by atoms with Gasteiger partial charge in [-0.15, -0.1) is 11.3 Å². The van der Waals surface area contributed by atoms with Gasteiger partial charge in [-0.1, -0.05) is 146 Å². The molecule has 0 radical (unpaired) electrons. The summed E-state index contributed by atoms with van der Waals surface area (Å²) in [7, 11) is 0. The van der Waals surface area contributed by atoms with Crippen molar-refractivity contribution < 1.29 is 23.7 Å². The van der Waals surface area contributed by atoms with Crippen LogP contribution in [0.3, 0.4) is 0 Å². The van der Waals surface area contributed by atoms with Crippen molar-refractivity contribution in [3.05, 3.63) is 195 Å². The Morgan fingerprint density at radius 2 is 1.04 bits per heavy atom. The van der Waals surface area contributed by atoms with Crippen LogP contribution in [0.5, 0.6) is 5.75 Å². The molecular weight excluding hydrogens is 713 g/mol. The number of ether oxygens (including phenoxy) is 5. The van der Waals surface area contributed by atoms with Crippen LogP contribution in [-0.2, 0) is 51.8 Å². The van der Waals surface area contributed by atoms with Crippen LogP contribution in [0.2, 0.25) is 0 Å². The summed E-state index contributed by atoms with van der Waals surface area (Å²) in [6.45, 7) is 4.49. The van der Waals surface area contributed by atoms with E-state index >= 15 is 0 Å². The Balaban J connectivity index is 1.11. The number of hydrogen-bond donors (Lipinski definition) is 0. The molecule has 6 heteroatoms. The molecule has 288 valence electrons. The Morgan fingerprint density at radius 3 is 1.57 bits per heavy atom. The molecule has 6 aromatic rings. The van der Waals surface area contributed by atoms with Gasteiger partial charge in [0.2, 0.25) is 0 Å². The zero-order valence-corrected chi connectivity index (χ0v) is 33.0. The van der Waals surface area contributed by atoms with E-state index in [4.69, 9.17) is 23.7 Å². The van der Waals surface area contributed by atoms with Gasteiger partial charge in [-0.2, -0.15) is 0 Å². The zero-order chi connectivity index (χ0) is 37.9. The summed E-state index contributed by atoms with van der Waals surface area (Å²) in [5, 5.41) is 0. The molecule has 2 fully saturated rings. The molecule has 0 unspecified atom stereocenters. The van der Waals surface area contributed by atoms with Crippen LogP contribution >= 0.6 is 11.3 Å². The van der Waals surface area contributed by atoms with Crippen LogP contribution in [0.1, 0.15) is 68.3 Å². The quantitative estimate of drug-likeness (QED) is 0.0872. The first-order chi connectivity index (χ1) is 27.6. The minimum absolute atomic E-state index is 0.0251. The molecule has 0 bridgehead atoms. The first-order valence-electron chi connectivity index (χ1n) is 20.1. The first kappa shape index (κ1) is 38.3. The zero-order valence-electron chi connectivity index (χ0n) is 32.2. The molecule has 5 nitrogen and oxygen atoms in total. The molecule has 56 heavy (non-hydrogen) atoms. The van der Waals surface area contributed by atoms with E-state index in [-0.39, 0.29) is 18.1 Å². The second-order valence-corrected chi connectivity index (χ2v) is 16.6. The molecule has 5 atom stereocenters. The van der Waals surface area contributed by atoms with Gasteiger partial charge in [0.15, 0.2) is 0 Å². The topological polar surface area (TPSA) is 46.2 Å². The maximum absolute atomic E-state index is 7.24. The van der Waals surface area contributed by atoms with E-state index in [0.29, 0.717) is 39.5 Å². The largest absolute Gasteiger partial charge is 0.486 e. The van der Waals surface area contributed by atoms with Crippen molar-refractivity contribution >= 4 is 11.3 Å². The highest BCUT2D eigenvalue weighted by Crippen LogP contribution is 2.41. The summed E-state index contributed by atoms with van der Waals surface area (Å²) in [6, 6.07) is 52.9. The van der Waals surface area contributed by atoms with Crippen molar-refractivity contribution in [1.29, 1.82) is 0 Å². The average molecular weight is 765 g/mol. The number of hydrogen-bond acceptors (Lipinski definition) is 6. The Hall–Kier alpha value is -4.56. The number of aryl methyl sites for hydroxylation is 1. The number of benzene rings is 5. The maximum Gasteiger partial charge on any atom is 0.134 e. The van der Waals surface area contributed by atoms with E-state index in [1.807, 2.05) is 35.6 Å². The van der Waals surface area contributed by atoms with E-state index in [1.165, 1.54) is 33.7 Å². The highest BCUT2D eigenvalue weighted by molar-refractivity contribution is 7.12. The van der Waals surface area contributed by atoms with Crippen LogP contribution in [-0.4, -0.2) is 31.0 Å². The monoisotopic (exact) mass is 764 g/mol. The first-order valence-corrected chi connectivity index (χ1v) is 20.9. The predicted molar refractivity (Wildman–Crippen MR) is 224 cm³/mol. The molecule has 2 aliphatic carbocycles. The highest BCUT2D eigenvalue weighted by Gasteiger charge is 2.49. The maximum atomic E-state index is 7.24. The Kier molecular flexibility index (Phi) is 13.0. The molecule has 1 aromatic heterocycles. The molecule has 5 aromatic carbocycles. The smallest absolute Gasteiger partial charge is 0.134 e. The molecule has 0 amide bonds. The second-order valence-electron chi connectivity index (χ2n) is 15.3. The van der Waals surface area contributed by atoms with Gasteiger partial charge < -0.3 is 23.7 Å². The summed E-state index contributed by atoms with van der Waals surface area (Å²) in [6.07, 6.45) is 2.63. The third-order valence-electron chi connectivity index (χ3n) is 10.9. The third-order valence-corrected chi connectivity index (χ3v) is 11.9. The highest BCUT2D eigenvalue weighted by atomic mass is 32.1. The van der Waals surface area contributed by atoms with Gasteiger partial charge in [-0.3, -0.25) is 0 Å². The van der Waals surface area contributed by atoms with Crippen molar-refractivity contribution in [2.45, 2.75) is 89.4 Å². The molecule has 0 saturated heterocycles. The van der Waals surface area contributed by atoms with Crippen molar-refractivity contribution in [3.63, 3.8) is 0 Å². The van der Waals surface area contributed by atoms with Crippen LogP contribution in [0.25, 0.3) is 0 Å². The van der Waals surface area contributed by atoms with Crippen LogP contribution in [0.4, 0.5) is 0 Å². The van der Waals surface area contributed by atoms with Gasteiger partial charge in [-0.05, 0) is 71.6 Å². The minimum Gasteiger partial charge on any atom is -0.486 e. The molecule has 2 aliphatic rings. The summed E-state index contributed by atoms with van der Waals surface area (Å²) in [5.41, 5.74) is 7.21. The van der Waals surface area contributed by atoms with Gasteiger partial charge in [0.05, 0.1) is 44.0 Å². The normalized spacial score (nSPS) is 20.8. The van der Waals surface area contributed by atoms with Crippen LogP contribution in [0, 0.1) is 12.8 Å². The SMILES string of the molecule is Cc1cc(O[C@@H]2C[C@H](COCc3ccccc3)[C@@H](OCc3ccccc3)[C@H](OCc3ccccc3)[C@H]2OCc2ccccc2)c(Cc2ccc(C3CC3)cc2)s1. The van der Waals surface area contributed by atoms with Crippen molar-refractivity contribution in [3.8, 4) is 5.75 Å². The van der Waals surface area contributed by atoms with Gasteiger partial charge >= 0.3 is 0 Å². The lowest BCUT2D eigenvalue weighted by Gasteiger charge is -2.46. The van der Waals surface area contributed by atoms with Gasteiger partial charge in [-0.25, -0.2) is 0 Å². The lowest BCUT2D eigenvalue weighted by molar-refractivity contribution is -0.220. The van der Waals surface area contributed by atoms with Crippen molar-refractivity contribution in [2.75, 3.05) is 6.61 Å². The number of rotatable bonds is 18.